The minimum absolute atomic E-state index is 0.0852. The van der Waals surface area contributed by atoms with Crippen LogP contribution in [-0.2, 0) is 6.42 Å². The van der Waals surface area contributed by atoms with Gasteiger partial charge in [0.05, 0.1) is 0 Å². The molecular weight excluding hydrogens is 282 g/mol. The molecule has 1 aromatic rings. The van der Waals surface area contributed by atoms with Crippen molar-refractivity contribution in [2.75, 3.05) is 11.8 Å². The number of hydrogen-bond donors (Lipinski definition) is 0. The smallest absolute Gasteiger partial charge is 0.123 e. The third kappa shape index (κ3) is 3.25. The number of aryl methyl sites for hydroxylation is 1. The highest BCUT2D eigenvalue weighted by Gasteiger charge is 2.39. The van der Waals surface area contributed by atoms with Crippen molar-refractivity contribution in [3.05, 3.63) is 35.1 Å². The first-order chi connectivity index (χ1) is 9.11. The molecular formula is C16H21Cl2F. The van der Waals surface area contributed by atoms with Crippen LogP contribution in [0.2, 0.25) is 0 Å². The molecule has 0 heterocycles. The van der Waals surface area contributed by atoms with E-state index in [0.717, 1.165) is 17.5 Å². The summed E-state index contributed by atoms with van der Waals surface area (Å²) in [4.78, 5) is 0. The Morgan fingerprint density at radius 3 is 2.42 bits per heavy atom. The highest BCUT2D eigenvalue weighted by Crippen LogP contribution is 2.44. The zero-order valence-electron chi connectivity index (χ0n) is 11.4. The van der Waals surface area contributed by atoms with Crippen molar-refractivity contribution in [3.8, 4) is 0 Å². The summed E-state index contributed by atoms with van der Waals surface area (Å²) in [7, 11) is 0. The van der Waals surface area contributed by atoms with Crippen molar-refractivity contribution < 1.29 is 4.39 Å². The number of alkyl halides is 2. The standard InChI is InChI=1S/C16H21Cl2F/c1-12-6-7-15(19)8-13(12)9-16(10-17,11-18)14-4-2-3-5-14/h6-8,14H,2-5,9-11H2,1H3. The van der Waals surface area contributed by atoms with Crippen LogP contribution in [0.5, 0.6) is 0 Å². The van der Waals surface area contributed by atoms with Crippen molar-refractivity contribution in [1.82, 2.24) is 0 Å². The Balaban J connectivity index is 2.27. The van der Waals surface area contributed by atoms with E-state index < -0.39 is 0 Å². The van der Waals surface area contributed by atoms with Crippen LogP contribution in [0.15, 0.2) is 18.2 Å². The van der Waals surface area contributed by atoms with Gasteiger partial charge in [0, 0.05) is 17.2 Å². The molecule has 0 bridgehead atoms. The Morgan fingerprint density at radius 2 is 1.84 bits per heavy atom. The minimum atomic E-state index is -0.176. The van der Waals surface area contributed by atoms with E-state index >= 15 is 0 Å². The summed E-state index contributed by atoms with van der Waals surface area (Å²) < 4.78 is 13.4. The van der Waals surface area contributed by atoms with Gasteiger partial charge in [0.2, 0.25) is 0 Å². The van der Waals surface area contributed by atoms with Crippen LogP contribution in [0.3, 0.4) is 0 Å². The normalized spacial score (nSPS) is 17.1. The maximum atomic E-state index is 13.4. The molecule has 0 aliphatic heterocycles. The Bertz CT molecular complexity index is 421. The fourth-order valence-corrected chi connectivity index (χ4v) is 4.15. The average Bonchev–Trinajstić information content (AvgIpc) is 2.94. The van der Waals surface area contributed by atoms with E-state index in [1.165, 1.54) is 31.7 Å². The molecule has 1 fully saturated rings. The van der Waals surface area contributed by atoms with E-state index in [1.807, 2.05) is 13.0 Å². The predicted octanol–water partition coefficient (Wildman–Crippen LogP) is 5.33. The van der Waals surface area contributed by atoms with E-state index in [1.54, 1.807) is 6.07 Å². The van der Waals surface area contributed by atoms with Crippen molar-refractivity contribution >= 4 is 23.2 Å². The third-order valence-electron chi connectivity index (χ3n) is 4.61. The van der Waals surface area contributed by atoms with Gasteiger partial charge in [-0.25, -0.2) is 4.39 Å². The Labute approximate surface area is 125 Å². The molecule has 0 nitrogen and oxygen atoms in total. The van der Waals surface area contributed by atoms with E-state index in [4.69, 9.17) is 23.2 Å². The van der Waals surface area contributed by atoms with E-state index in [9.17, 15) is 4.39 Å². The first kappa shape index (κ1) is 15.1. The highest BCUT2D eigenvalue weighted by molar-refractivity contribution is 6.21. The third-order valence-corrected chi connectivity index (χ3v) is 5.67. The van der Waals surface area contributed by atoms with Crippen LogP contribution in [-0.4, -0.2) is 11.8 Å². The van der Waals surface area contributed by atoms with Gasteiger partial charge in [-0.05, 0) is 55.4 Å². The molecule has 0 amide bonds. The van der Waals surface area contributed by atoms with Crippen molar-refractivity contribution in [3.63, 3.8) is 0 Å². The Morgan fingerprint density at radius 1 is 1.21 bits per heavy atom. The number of rotatable bonds is 5. The predicted molar refractivity (Wildman–Crippen MR) is 80.7 cm³/mol. The molecule has 0 N–H and O–H groups in total. The molecule has 1 aromatic carbocycles. The van der Waals surface area contributed by atoms with E-state index in [0.29, 0.717) is 17.7 Å². The largest absolute Gasteiger partial charge is 0.207 e. The van der Waals surface area contributed by atoms with Crippen molar-refractivity contribution in [2.24, 2.45) is 11.3 Å². The van der Waals surface area contributed by atoms with Crippen LogP contribution in [0, 0.1) is 24.1 Å². The fraction of sp³-hybridized carbons (Fsp3) is 0.625. The summed E-state index contributed by atoms with van der Waals surface area (Å²) in [6.45, 7) is 2.02. The lowest BCUT2D eigenvalue weighted by atomic mass is 9.72. The topological polar surface area (TPSA) is 0 Å². The summed E-state index contributed by atoms with van der Waals surface area (Å²) in [6.07, 6.45) is 5.72. The Kier molecular flexibility index (Phi) is 5.14. The molecule has 106 valence electrons. The van der Waals surface area contributed by atoms with Crippen LogP contribution in [0.4, 0.5) is 4.39 Å². The molecule has 0 radical (unpaired) electrons. The van der Waals surface area contributed by atoms with Gasteiger partial charge in [0.25, 0.3) is 0 Å². The lowest BCUT2D eigenvalue weighted by molar-refractivity contribution is 0.224. The molecule has 19 heavy (non-hydrogen) atoms. The second-order valence-electron chi connectivity index (χ2n) is 5.86. The van der Waals surface area contributed by atoms with Gasteiger partial charge in [-0.1, -0.05) is 18.9 Å². The molecule has 0 aromatic heterocycles. The van der Waals surface area contributed by atoms with E-state index in [2.05, 4.69) is 0 Å². The molecule has 1 saturated carbocycles. The van der Waals surface area contributed by atoms with Gasteiger partial charge in [-0.2, -0.15) is 0 Å². The van der Waals surface area contributed by atoms with Gasteiger partial charge in [0.15, 0.2) is 0 Å². The van der Waals surface area contributed by atoms with Crippen LogP contribution >= 0.6 is 23.2 Å². The average molecular weight is 303 g/mol. The molecule has 0 atom stereocenters. The van der Waals surface area contributed by atoms with Gasteiger partial charge in [-0.3, -0.25) is 0 Å². The molecule has 0 spiro atoms. The monoisotopic (exact) mass is 302 g/mol. The maximum absolute atomic E-state index is 13.4. The fourth-order valence-electron chi connectivity index (χ4n) is 3.24. The second kappa shape index (κ2) is 6.45. The summed E-state index contributed by atoms with van der Waals surface area (Å²) in [5.74, 6) is 1.50. The molecule has 0 unspecified atom stereocenters. The second-order valence-corrected chi connectivity index (χ2v) is 6.39. The van der Waals surface area contributed by atoms with Crippen LogP contribution in [0.25, 0.3) is 0 Å². The van der Waals surface area contributed by atoms with Crippen LogP contribution < -0.4 is 0 Å². The molecule has 3 heteroatoms. The van der Waals surface area contributed by atoms with Gasteiger partial charge < -0.3 is 0 Å². The SMILES string of the molecule is Cc1ccc(F)cc1CC(CCl)(CCl)C1CCCC1. The summed E-state index contributed by atoms with van der Waals surface area (Å²) in [6, 6.07) is 4.99. The van der Waals surface area contributed by atoms with Crippen molar-refractivity contribution in [2.45, 2.75) is 39.0 Å². The molecule has 1 aliphatic rings. The highest BCUT2D eigenvalue weighted by atomic mass is 35.5. The van der Waals surface area contributed by atoms with Crippen molar-refractivity contribution in [1.29, 1.82) is 0 Å². The molecule has 1 aliphatic carbocycles. The van der Waals surface area contributed by atoms with Gasteiger partial charge in [0.1, 0.15) is 5.82 Å². The van der Waals surface area contributed by atoms with Gasteiger partial charge in [-0.15, -0.1) is 23.2 Å². The summed E-state index contributed by atoms with van der Waals surface area (Å²) in [5.41, 5.74) is 2.09. The number of benzene rings is 1. The quantitative estimate of drug-likeness (QED) is 0.645. The summed E-state index contributed by atoms with van der Waals surface area (Å²) in [5, 5.41) is 0. The lowest BCUT2D eigenvalue weighted by Crippen LogP contribution is -2.36. The number of halogens is 3. The van der Waals surface area contributed by atoms with E-state index in [-0.39, 0.29) is 11.2 Å². The first-order valence-electron chi connectivity index (χ1n) is 6.98. The van der Waals surface area contributed by atoms with Gasteiger partial charge >= 0.3 is 0 Å². The summed E-state index contributed by atoms with van der Waals surface area (Å²) >= 11 is 12.5. The molecule has 0 saturated heterocycles. The zero-order chi connectivity index (χ0) is 13.9. The minimum Gasteiger partial charge on any atom is -0.207 e. The lowest BCUT2D eigenvalue weighted by Gasteiger charge is -2.36. The number of hydrogen-bond acceptors (Lipinski definition) is 0. The van der Waals surface area contributed by atoms with Crippen LogP contribution in [0.1, 0.15) is 36.8 Å². The molecule has 2 rings (SSSR count). The first-order valence-corrected chi connectivity index (χ1v) is 8.05. The Hall–Kier alpha value is -0.270. The zero-order valence-corrected chi connectivity index (χ0v) is 12.9. The maximum Gasteiger partial charge on any atom is 0.123 e.